The molecule has 0 saturated heterocycles. The van der Waals surface area contributed by atoms with Gasteiger partial charge in [-0.1, -0.05) is 31.4 Å². The van der Waals surface area contributed by atoms with Gasteiger partial charge in [0.2, 0.25) is 0 Å². The summed E-state index contributed by atoms with van der Waals surface area (Å²) in [4.78, 5) is 0.335. The molecule has 0 spiro atoms. The summed E-state index contributed by atoms with van der Waals surface area (Å²) in [6, 6.07) is 6.30. The molecule has 18 heavy (non-hydrogen) atoms. The highest BCUT2D eigenvalue weighted by molar-refractivity contribution is 7.91. The maximum atomic E-state index is 11.9. The lowest BCUT2D eigenvalue weighted by molar-refractivity contribution is 0.586. The second-order valence-electron chi connectivity index (χ2n) is 4.23. The summed E-state index contributed by atoms with van der Waals surface area (Å²) in [6.07, 6.45) is 3.44. The SMILES string of the molecule is CCCCCNCCS(=O)(=O)c1ccc(Cl)cc1. The minimum atomic E-state index is -3.19. The van der Waals surface area contributed by atoms with Crippen LogP contribution in [0.3, 0.4) is 0 Å². The summed E-state index contributed by atoms with van der Waals surface area (Å²) in [5.41, 5.74) is 0. The van der Waals surface area contributed by atoms with Crippen molar-refractivity contribution in [1.29, 1.82) is 0 Å². The van der Waals surface area contributed by atoms with E-state index >= 15 is 0 Å². The van der Waals surface area contributed by atoms with Gasteiger partial charge in [0, 0.05) is 11.6 Å². The van der Waals surface area contributed by atoms with Crippen molar-refractivity contribution >= 4 is 21.4 Å². The molecule has 5 heteroatoms. The van der Waals surface area contributed by atoms with Gasteiger partial charge in [-0.05, 0) is 37.2 Å². The molecular formula is C13H20ClNO2S. The van der Waals surface area contributed by atoms with E-state index in [2.05, 4.69) is 12.2 Å². The average molecular weight is 290 g/mol. The number of hydrogen-bond donors (Lipinski definition) is 1. The molecule has 0 saturated carbocycles. The predicted octanol–water partition coefficient (Wildman–Crippen LogP) is 2.89. The first-order chi connectivity index (χ1) is 8.56. The Morgan fingerprint density at radius 3 is 2.39 bits per heavy atom. The van der Waals surface area contributed by atoms with Gasteiger partial charge in [-0.15, -0.1) is 0 Å². The molecule has 0 heterocycles. The van der Waals surface area contributed by atoms with Crippen LogP contribution in [0.2, 0.25) is 5.02 Å². The van der Waals surface area contributed by atoms with Gasteiger partial charge in [-0.3, -0.25) is 0 Å². The number of rotatable bonds is 8. The van der Waals surface area contributed by atoms with E-state index in [0.717, 1.165) is 13.0 Å². The Morgan fingerprint density at radius 2 is 1.78 bits per heavy atom. The fourth-order valence-electron chi connectivity index (χ4n) is 1.59. The monoisotopic (exact) mass is 289 g/mol. The van der Waals surface area contributed by atoms with E-state index in [1.165, 1.54) is 12.8 Å². The van der Waals surface area contributed by atoms with Crippen LogP contribution in [-0.4, -0.2) is 27.3 Å². The Morgan fingerprint density at radius 1 is 1.11 bits per heavy atom. The molecule has 0 aliphatic heterocycles. The lowest BCUT2D eigenvalue weighted by Crippen LogP contribution is -2.24. The molecule has 0 amide bonds. The summed E-state index contributed by atoms with van der Waals surface area (Å²) in [7, 11) is -3.19. The maximum absolute atomic E-state index is 11.9. The smallest absolute Gasteiger partial charge is 0.179 e. The van der Waals surface area contributed by atoms with Gasteiger partial charge in [0.1, 0.15) is 0 Å². The Kier molecular flexibility index (Phi) is 6.68. The summed E-state index contributed by atoms with van der Waals surface area (Å²) in [5, 5.41) is 3.70. The van der Waals surface area contributed by atoms with Crippen LogP contribution in [0, 0.1) is 0 Å². The molecule has 1 aromatic rings. The van der Waals surface area contributed by atoms with E-state index < -0.39 is 9.84 Å². The zero-order valence-corrected chi connectivity index (χ0v) is 12.2. The largest absolute Gasteiger partial charge is 0.316 e. The van der Waals surface area contributed by atoms with E-state index in [-0.39, 0.29) is 5.75 Å². The van der Waals surface area contributed by atoms with Crippen molar-refractivity contribution < 1.29 is 8.42 Å². The molecule has 102 valence electrons. The standard InChI is InChI=1S/C13H20ClNO2S/c1-2-3-4-9-15-10-11-18(16,17)13-7-5-12(14)6-8-13/h5-8,15H,2-4,9-11H2,1H3. The molecule has 0 atom stereocenters. The van der Waals surface area contributed by atoms with Crippen molar-refractivity contribution in [3.8, 4) is 0 Å². The molecule has 0 aliphatic carbocycles. The molecule has 3 nitrogen and oxygen atoms in total. The van der Waals surface area contributed by atoms with Crippen molar-refractivity contribution in [3.05, 3.63) is 29.3 Å². The highest BCUT2D eigenvalue weighted by Gasteiger charge is 2.13. The van der Waals surface area contributed by atoms with Gasteiger partial charge in [0.05, 0.1) is 10.6 Å². The Hall–Kier alpha value is -0.580. The van der Waals surface area contributed by atoms with Crippen LogP contribution < -0.4 is 5.32 Å². The third-order valence-electron chi connectivity index (χ3n) is 2.68. The van der Waals surface area contributed by atoms with Crippen LogP contribution in [-0.2, 0) is 9.84 Å². The first-order valence-electron chi connectivity index (χ1n) is 6.25. The summed E-state index contributed by atoms with van der Waals surface area (Å²) >= 11 is 5.73. The summed E-state index contributed by atoms with van der Waals surface area (Å²) in [6.45, 7) is 3.52. The zero-order valence-electron chi connectivity index (χ0n) is 10.7. The average Bonchev–Trinajstić information content (AvgIpc) is 2.34. The molecule has 0 bridgehead atoms. The van der Waals surface area contributed by atoms with Gasteiger partial charge in [0.15, 0.2) is 9.84 Å². The van der Waals surface area contributed by atoms with Crippen LogP contribution in [0.4, 0.5) is 0 Å². The fraction of sp³-hybridized carbons (Fsp3) is 0.538. The molecule has 0 radical (unpaired) electrons. The second kappa shape index (κ2) is 7.77. The van der Waals surface area contributed by atoms with E-state index in [9.17, 15) is 8.42 Å². The molecule has 0 aliphatic rings. The number of benzene rings is 1. The van der Waals surface area contributed by atoms with E-state index in [4.69, 9.17) is 11.6 Å². The molecule has 1 N–H and O–H groups in total. The molecule has 1 rings (SSSR count). The van der Waals surface area contributed by atoms with Gasteiger partial charge in [-0.25, -0.2) is 8.42 Å². The fourth-order valence-corrected chi connectivity index (χ4v) is 2.92. The van der Waals surface area contributed by atoms with Crippen LogP contribution >= 0.6 is 11.6 Å². The van der Waals surface area contributed by atoms with E-state index in [1.807, 2.05) is 0 Å². The lowest BCUT2D eigenvalue weighted by Gasteiger charge is -2.06. The number of unbranched alkanes of at least 4 members (excludes halogenated alkanes) is 2. The summed E-state index contributed by atoms with van der Waals surface area (Å²) < 4.78 is 23.9. The van der Waals surface area contributed by atoms with Crippen LogP contribution in [0.15, 0.2) is 29.2 Å². The minimum absolute atomic E-state index is 0.126. The van der Waals surface area contributed by atoms with Crippen molar-refractivity contribution in [3.63, 3.8) is 0 Å². The predicted molar refractivity (Wildman–Crippen MR) is 75.9 cm³/mol. The van der Waals surface area contributed by atoms with Crippen molar-refractivity contribution in [2.45, 2.75) is 31.1 Å². The Bertz CT molecular complexity index is 443. The molecule has 0 fully saturated rings. The first kappa shape index (κ1) is 15.5. The van der Waals surface area contributed by atoms with Gasteiger partial charge in [-0.2, -0.15) is 0 Å². The number of sulfone groups is 1. The van der Waals surface area contributed by atoms with Gasteiger partial charge >= 0.3 is 0 Å². The van der Waals surface area contributed by atoms with Crippen molar-refractivity contribution in [2.75, 3.05) is 18.8 Å². The summed E-state index contributed by atoms with van der Waals surface area (Å²) in [5.74, 6) is 0.126. The first-order valence-corrected chi connectivity index (χ1v) is 8.28. The molecule has 0 unspecified atom stereocenters. The van der Waals surface area contributed by atoms with Crippen LogP contribution in [0.1, 0.15) is 26.2 Å². The van der Waals surface area contributed by atoms with Crippen LogP contribution in [0.5, 0.6) is 0 Å². The van der Waals surface area contributed by atoms with E-state index in [1.54, 1.807) is 24.3 Å². The van der Waals surface area contributed by atoms with Crippen molar-refractivity contribution in [1.82, 2.24) is 5.32 Å². The van der Waals surface area contributed by atoms with Gasteiger partial charge < -0.3 is 5.32 Å². The normalized spacial score (nSPS) is 11.7. The van der Waals surface area contributed by atoms with Gasteiger partial charge in [0.25, 0.3) is 0 Å². The van der Waals surface area contributed by atoms with Crippen molar-refractivity contribution in [2.24, 2.45) is 0 Å². The quantitative estimate of drug-likeness (QED) is 0.749. The maximum Gasteiger partial charge on any atom is 0.179 e. The third kappa shape index (κ3) is 5.38. The number of nitrogens with one attached hydrogen (secondary N) is 1. The zero-order chi connectivity index (χ0) is 13.4. The second-order valence-corrected chi connectivity index (χ2v) is 6.78. The topological polar surface area (TPSA) is 46.2 Å². The molecule has 0 aromatic heterocycles. The Labute approximate surface area is 114 Å². The molecular weight excluding hydrogens is 270 g/mol. The number of hydrogen-bond acceptors (Lipinski definition) is 3. The highest BCUT2D eigenvalue weighted by atomic mass is 35.5. The molecule has 1 aromatic carbocycles. The highest BCUT2D eigenvalue weighted by Crippen LogP contribution is 2.14. The van der Waals surface area contributed by atoms with Crippen LogP contribution in [0.25, 0.3) is 0 Å². The Balaban J connectivity index is 2.38. The minimum Gasteiger partial charge on any atom is -0.316 e. The number of halogens is 1. The lowest BCUT2D eigenvalue weighted by atomic mass is 10.2. The third-order valence-corrected chi connectivity index (χ3v) is 4.66. The van der Waals surface area contributed by atoms with E-state index in [0.29, 0.717) is 16.5 Å².